The van der Waals surface area contributed by atoms with Crippen molar-refractivity contribution in [1.29, 1.82) is 0 Å². The highest BCUT2D eigenvalue weighted by Gasteiger charge is 2.40. The van der Waals surface area contributed by atoms with Gasteiger partial charge in [0.15, 0.2) is 11.5 Å². The zero-order valence-electron chi connectivity index (χ0n) is 19.4. The Morgan fingerprint density at radius 2 is 1.75 bits per heavy atom. The van der Waals surface area contributed by atoms with E-state index in [0.717, 1.165) is 42.4 Å². The van der Waals surface area contributed by atoms with Gasteiger partial charge in [-0.05, 0) is 87.5 Å². The van der Waals surface area contributed by atoms with Crippen LogP contribution >= 0.6 is 11.6 Å². The van der Waals surface area contributed by atoms with Gasteiger partial charge in [-0.1, -0.05) is 23.7 Å². The maximum atomic E-state index is 13.5. The van der Waals surface area contributed by atoms with Crippen LogP contribution in [-0.4, -0.2) is 43.2 Å². The molecule has 1 amide bonds. The van der Waals surface area contributed by atoms with Crippen molar-refractivity contribution in [2.75, 3.05) is 14.2 Å². The molecule has 6 heteroatoms. The number of carbonyl (C=O) groups is 1. The van der Waals surface area contributed by atoms with Crippen LogP contribution in [0.2, 0.25) is 5.02 Å². The van der Waals surface area contributed by atoms with E-state index in [1.807, 2.05) is 51.2 Å². The number of hydrogen-bond acceptors (Lipinski definition) is 4. The van der Waals surface area contributed by atoms with Gasteiger partial charge in [-0.25, -0.2) is 0 Å². The van der Waals surface area contributed by atoms with E-state index in [2.05, 4.69) is 16.3 Å². The molecule has 1 fully saturated rings. The third-order valence-electron chi connectivity index (χ3n) is 6.67. The van der Waals surface area contributed by atoms with E-state index in [-0.39, 0.29) is 24.1 Å². The normalized spacial score (nSPS) is 23.2. The molecule has 1 unspecified atom stereocenters. The zero-order chi connectivity index (χ0) is 22.8. The molecular formula is C26H33ClN2O3. The summed E-state index contributed by atoms with van der Waals surface area (Å²) in [6, 6.07) is 12.5. The summed E-state index contributed by atoms with van der Waals surface area (Å²) in [5.74, 6) is 1.56. The summed E-state index contributed by atoms with van der Waals surface area (Å²) in [5, 5.41) is 4.08. The maximum absolute atomic E-state index is 13.5. The van der Waals surface area contributed by atoms with Crippen molar-refractivity contribution in [3.05, 3.63) is 58.1 Å². The number of carbonyl (C=O) groups excluding carboxylic acids is 1. The highest BCUT2D eigenvalue weighted by molar-refractivity contribution is 6.30. The Morgan fingerprint density at radius 3 is 2.34 bits per heavy atom. The van der Waals surface area contributed by atoms with E-state index in [1.54, 1.807) is 7.11 Å². The van der Waals surface area contributed by atoms with Gasteiger partial charge in [0.25, 0.3) is 0 Å². The fourth-order valence-electron chi connectivity index (χ4n) is 5.12. The second-order valence-corrected chi connectivity index (χ2v) is 9.53. The van der Waals surface area contributed by atoms with Crippen molar-refractivity contribution < 1.29 is 14.3 Å². The van der Waals surface area contributed by atoms with Crippen molar-refractivity contribution >= 4 is 17.5 Å². The SMILES string of the molecule is CN[C@H]1CC[C@H](N2C(=O)Cc3cc(OC)c(OC(C)C)cc3C2c2ccc(Cl)cc2)CC1. The summed E-state index contributed by atoms with van der Waals surface area (Å²) >= 11 is 6.19. The lowest BCUT2D eigenvalue weighted by molar-refractivity contribution is -0.136. The Bertz CT molecular complexity index is 952. The van der Waals surface area contributed by atoms with Gasteiger partial charge in [0, 0.05) is 17.1 Å². The number of nitrogens with zero attached hydrogens (tertiary/aromatic N) is 1. The lowest BCUT2D eigenvalue weighted by atomic mass is 9.82. The van der Waals surface area contributed by atoms with E-state index in [1.165, 1.54) is 0 Å². The number of fused-ring (bicyclic) bond motifs is 1. The third kappa shape index (κ3) is 4.60. The number of methoxy groups -OCH3 is 1. The van der Waals surface area contributed by atoms with E-state index in [9.17, 15) is 4.79 Å². The lowest BCUT2D eigenvalue weighted by Crippen LogP contribution is -2.49. The van der Waals surface area contributed by atoms with Gasteiger partial charge in [-0.15, -0.1) is 0 Å². The van der Waals surface area contributed by atoms with Crippen molar-refractivity contribution in [3.8, 4) is 11.5 Å². The summed E-state index contributed by atoms with van der Waals surface area (Å²) in [7, 11) is 3.66. The lowest BCUT2D eigenvalue weighted by Gasteiger charge is -2.45. The number of hydrogen-bond donors (Lipinski definition) is 1. The minimum absolute atomic E-state index is 0.0223. The zero-order valence-corrected chi connectivity index (χ0v) is 20.1. The summed E-state index contributed by atoms with van der Waals surface area (Å²) in [4.78, 5) is 15.7. The van der Waals surface area contributed by atoms with Crippen molar-refractivity contribution in [2.45, 2.75) is 70.2 Å². The molecule has 32 heavy (non-hydrogen) atoms. The molecule has 1 N–H and O–H groups in total. The molecule has 1 saturated carbocycles. The molecule has 0 bridgehead atoms. The first-order valence-corrected chi connectivity index (χ1v) is 11.9. The number of halogens is 1. The van der Waals surface area contributed by atoms with Gasteiger partial charge in [0.05, 0.1) is 25.7 Å². The molecule has 2 aliphatic rings. The predicted molar refractivity (Wildman–Crippen MR) is 128 cm³/mol. The summed E-state index contributed by atoms with van der Waals surface area (Å²) in [6.45, 7) is 4.01. The smallest absolute Gasteiger partial charge is 0.228 e. The van der Waals surface area contributed by atoms with E-state index in [0.29, 0.717) is 29.0 Å². The van der Waals surface area contributed by atoms with Crippen LogP contribution in [0, 0.1) is 0 Å². The van der Waals surface area contributed by atoms with Crippen molar-refractivity contribution in [3.63, 3.8) is 0 Å². The van der Waals surface area contributed by atoms with Crippen LogP contribution < -0.4 is 14.8 Å². The van der Waals surface area contributed by atoms with Crippen LogP contribution in [0.4, 0.5) is 0 Å². The van der Waals surface area contributed by atoms with E-state index >= 15 is 0 Å². The third-order valence-corrected chi connectivity index (χ3v) is 6.93. The molecule has 0 saturated heterocycles. The molecular weight excluding hydrogens is 424 g/mol. The number of rotatable bonds is 6. The maximum Gasteiger partial charge on any atom is 0.228 e. The van der Waals surface area contributed by atoms with Gasteiger partial charge in [0.1, 0.15) is 0 Å². The minimum Gasteiger partial charge on any atom is -0.493 e. The first-order valence-electron chi connectivity index (χ1n) is 11.5. The molecule has 5 nitrogen and oxygen atoms in total. The van der Waals surface area contributed by atoms with Gasteiger partial charge in [-0.3, -0.25) is 4.79 Å². The summed E-state index contributed by atoms with van der Waals surface area (Å²) < 4.78 is 11.7. The average Bonchev–Trinajstić information content (AvgIpc) is 2.78. The topological polar surface area (TPSA) is 50.8 Å². The summed E-state index contributed by atoms with van der Waals surface area (Å²) in [6.07, 6.45) is 4.56. The van der Waals surface area contributed by atoms with Gasteiger partial charge >= 0.3 is 0 Å². The molecule has 1 heterocycles. The van der Waals surface area contributed by atoms with E-state index < -0.39 is 0 Å². The molecule has 0 spiro atoms. The van der Waals surface area contributed by atoms with Crippen LogP contribution in [0.5, 0.6) is 11.5 Å². The summed E-state index contributed by atoms with van der Waals surface area (Å²) in [5.41, 5.74) is 3.18. The number of ether oxygens (including phenoxy) is 2. The molecule has 0 aromatic heterocycles. The van der Waals surface area contributed by atoms with E-state index in [4.69, 9.17) is 21.1 Å². The van der Waals surface area contributed by atoms with Gasteiger partial charge in [-0.2, -0.15) is 0 Å². The van der Waals surface area contributed by atoms with Crippen LogP contribution in [0.1, 0.15) is 62.3 Å². The molecule has 1 aliphatic heterocycles. The molecule has 0 radical (unpaired) electrons. The monoisotopic (exact) mass is 456 g/mol. The Hall–Kier alpha value is -2.24. The molecule has 4 rings (SSSR count). The first kappa shape index (κ1) is 22.9. The van der Waals surface area contributed by atoms with Gasteiger partial charge < -0.3 is 19.7 Å². The Kier molecular flexibility index (Phi) is 6.96. The van der Waals surface area contributed by atoms with Crippen molar-refractivity contribution in [2.24, 2.45) is 0 Å². The van der Waals surface area contributed by atoms with Crippen LogP contribution in [0.3, 0.4) is 0 Å². The molecule has 1 aliphatic carbocycles. The fraction of sp³-hybridized carbons (Fsp3) is 0.500. The largest absolute Gasteiger partial charge is 0.493 e. The molecule has 2 aromatic carbocycles. The average molecular weight is 457 g/mol. The van der Waals surface area contributed by atoms with Crippen molar-refractivity contribution in [1.82, 2.24) is 10.2 Å². The number of amides is 1. The molecule has 2 aromatic rings. The van der Waals surface area contributed by atoms with Crippen LogP contribution in [-0.2, 0) is 11.2 Å². The molecule has 172 valence electrons. The first-order chi connectivity index (χ1) is 15.4. The second-order valence-electron chi connectivity index (χ2n) is 9.09. The quantitative estimate of drug-likeness (QED) is 0.653. The Morgan fingerprint density at radius 1 is 1.06 bits per heavy atom. The number of nitrogens with one attached hydrogen (secondary N) is 1. The second kappa shape index (κ2) is 9.72. The Balaban J connectivity index is 1.80. The van der Waals surface area contributed by atoms with Crippen LogP contribution in [0.15, 0.2) is 36.4 Å². The Labute approximate surface area is 196 Å². The standard InChI is InChI=1S/C26H33ClN2O3/c1-16(2)32-24-15-22-18(13-23(24)31-4)14-25(30)29(21-11-9-20(28-3)10-12-21)26(22)17-5-7-19(27)8-6-17/h5-8,13,15-16,20-21,26,28H,9-12,14H2,1-4H3/t20-,21-,26?. The fourth-order valence-corrected chi connectivity index (χ4v) is 5.25. The highest BCUT2D eigenvalue weighted by Crippen LogP contribution is 2.44. The highest BCUT2D eigenvalue weighted by atomic mass is 35.5. The number of benzene rings is 2. The molecule has 1 atom stereocenters. The van der Waals surface area contributed by atoms with Crippen LogP contribution in [0.25, 0.3) is 0 Å². The van der Waals surface area contributed by atoms with Gasteiger partial charge in [0.2, 0.25) is 5.91 Å². The minimum atomic E-state index is -0.167. The predicted octanol–water partition coefficient (Wildman–Crippen LogP) is 5.14.